The Labute approximate surface area is 87.2 Å². The van der Waals surface area contributed by atoms with E-state index in [1.54, 1.807) is 12.1 Å². The van der Waals surface area contributed by atoms with Crippen LogP contribution in [0, 0.1) is 10.1 Å². The summed E-state index contributed by atoms with van der Waals surface area (Å²) < 4.78 is 5.55. The van der Waals surface area contributed by atoms with Crippen LogP contribution in [0.5, 0.6) is 0 Å². The Balaban J connectivity index is 2.26. The van der Waals surface area contributed by atoms with Crippen molar-refractivity contribution in [1.29, 1.82) is 0 Å². The monoisotopic (exact) mass is 208 g/mol. The Morgan fingerprint density at radius 3 is 2.60 bits per heavy atom. The summed E-state index contributed by atoms with van der Waals surface area (Å²) in [5.74, 6) is 0. The minimum Gasteiger partial charge on any atom is -0.355 e. The smallest absolute Gasteiger partial charge is 0.269 e. The molecule has 5 heteroatoms. The average Bonchev–Trinajstić information content (AvgIpc) is 2.67. The zero-order valence-electron chi connectivity index (χ0n) is 8.40. The summed E-state index contributed by atoms with van der Waals surface area (Å²) in [4.78, 5) is 10.1. The third kappa shape index (κ3) is 1.84. The summed E-state index contributed by atoms with van der Waals surface area (Å²) in [6, 6.07) is 6.42. The highest BCUT2D eigenvalue weighted by molar-refractivity contribution is 5.35. The highest BCUT2D eigenvalue weighted by Crippen LogP contribution is 2.26. The number of nitrogens with zero attached hydrogens (tertiary/aromatic N) is 1. The molecule has 1 saturated heterocycles. The van der Waals surface area contributed by atoms with Crippen LogP contribution in [0.15, 0.2) is 24.3 Å². The van der Waals surface area contributed by atoms with Crippen molar-refractivity contribution in [2.75, 3.05) is 13.2 Å². The van der Waals surface area contributed by atoms with Gasteiger partial charge in [0.1, 0.15) is 5.72 Å². The fraction of sp³-hybridized carbons (Fsp3) is 0.400. The van der Waals surface area contributed by atoms with Crippen molar-refractivity contribution in [2.45, 2.75) is 12.6 Å². The molecule has 0 unspecified atom stereocenters. The van der Waals surface area contributed by atoms with Crippen LogP contribution in [0.4, 0.5) is 5.69 Å². The van der Waals surface area contributed by atoms with Gasteiger partial charge in [-0.25, -0.2) is 0 Å². The van der Waals surface area contributed by atoms with E-state index in [1.807, 2.05) is 6.92 Å². The van der Waals surface area contributed by atoms with Gasteiger partial charge in [0.25, 0.3) is 5.69 Å². The molecule has 0 aliphatic carbocycles. The first-order valence-corrected chi connectivity index (χ1v) is 4.76. The molecule has 0 spiro atoms. The molecule has 1 atom stereocenters. The molecule has 0 saturated carbocycles. The van der Waals surface area contributed by atoms with Crippen molar-refractivity contribution in [3.8, 4) is 0 Å². The van der Waals surface area contributed by atoms with Crippen molar-refractivity contribution in [3.05, 3.63) is 39.9 Å². The fourth-order valence-corrected chi connectivity index (χ4v) is 1.68. The van der Waals surface area contributed by atoms with Crippen molar-refractivity contribution in [1.82, 2.24) is 5.32 Å². The van der Waals surface area contributed by atoms with Gasteiger partial charge in [0.15, 0.2) is 0 Å². The van der Waals surface area contributed by atoms with Gasteiger partial charge in [0.2, 0.25) is 0 Å². The lowest BCUT2D eigenvalue weighted by atomic mass is 10.1. The molecule has 1 N–H and O–H groups in total. The molecule has 1 aliphatic rings. The summed E-state index contributed by atoms with van der Waals surface area (Å²) in [5.41, 5.74) is 0.501. The minimum atomic E-state index is -0.505. The van der Waals surface area contributed by atoms with Gasteiger partial charge in [-0.05, 0) is 24.6 Å². The third-order valence-electron chi connectivity index (χ3n) is 2.58. The first-order chi connectivity index (χ1) is 7.12. The van der Waals surface area contributed by atoms with Crippen molar-refractivity contribution < 1.29 is 9.66 Å². The van der Waals surface area contributed by atoms with Crippen LogP contribution in [-0.2, 0) is 10.5 Å². The predicted molar refractivity (Wildman–Crippen MR) is 54.4 cm³/mol. The summed E-state index contributed by atoms with van der Waals surface area (Å²) >= 11 is 0. The predicted octanol–water partition coefficient (Wildman–Crippen LogP) is 1.39. The second-order valence-corrected chi connectivity index (χ2v) is 3.61. The van der Waals surface area contributed by atoms with Crippen molar-refractivity contribution >= 4 is 5.69 Å². The highest BCUT2D eigenvalue weighted by Gasteiger charge is 2.31. The van der Waals surface area contributed by atoms with Crippen LogP contribution in [0.2, 0.25) is 0 Å². The molecule has 0 amide bonds. The maximum absolute atomic E-state index is 10.5. The molecule has 0 radical (unpaired) electrons. The van der Waals surface area contributed by atoms with Crippen LogP contribution in [-0.4, -0.2) is 18.1 Å². The van der Waals surface area contributed by atoms with Gasteiger partial charge >= 0.3 is 0 Å². The zero-order valence-corrected chi connectivity index (χ0v) is 8.40. The van der Waals surface area contributed by atoms with Gasteiger partial charge in [-0.3, -0.25) is 15.4 Å². The van der Waals surface area contributed by atoms with E-state index in [1.165, 1.54) is 12.1 Å². The number of ether oxygens (including phenoxy) is 1. The Morgan fingerprint density at radius 1 is 1.47 bits per heavy atom. The Morgan fingerprint density at radius 2 is 2.13 bits per heavy atom. The van der Waals surface area contributed by atoms with E-state index < -0.39 is 10.6 Å². The van der Waals surface area contributed by atoms with E-state index in [9.17, 15) is 10.1 Å². The van der Waals surface area contributed by atoms with E-state index in [2.05, 4.69) is 5.32 Å². The van der Waals surface area contributed by atoms with Crippen LogP contribution >= 0.6 is 0 Å². The molecule has 0 aromatic heterocycles. The van der Waals surface area contributed by atoms with Gasteiger partial charge in [-0.1, -0.05) is 0 Å². The Hall–Kier alpha value is -1.46. The molecule has 1 aromatic rings. The topological polar surface area (TPSA) is 64.4 Å². The average molecular weight is 208 g/mol. The molecule has 1 aromatic carbocycles. The summed E-state index contributed by atoms with van der Waals surface area (Å²) in [6.07, 6.45) is 0. The van der Waals surface area contributed by atoms with Gasteiger partial charge in [0, 0.05) is 18.7 Å². The highest BCUT2D eigenvalue weighted by atomic mass is 16.6. The number of benzene rings is 1. The number of nitro benzene ring substituents is 1. The Kier molecular flexibility index (Phi) is 2.42. The molecule has 15 heavy (non-hydrogen) atoms. The van der Waals surface area contributed by atoms with E-state index in [4.69, 9.17) is 4.74 Å². The first kappa shape index (κ1) is 10.1. The summed E-state index contributed by atoms with van der Waals surface area (Å²) in [5, 5.41) is 13.7. The SMILES string of the molecule is C[C@@]1(c2ccc([N+](=O)[O-])cc2)NCCO1. The Bertz CT molecular complexity index is 369. The number of hydrogen-bond acceptors (Lipinski definition) is 4. The number of nitro groups is 1. The number of non-ortho nitro benzene ring substituents is 1. The van der Waals surface area contributed by atoms with Gasteiger partial charge < -0.3 is 4.74 Å². The van der Waals surface area contributed by atoms with Crippen LogP contribution in [0.1, 0.15) is 12.5 Å². The van der Waals surface area contributed by atoms with Crippen LogP contribution in [0.25, 0.3) is 0 Å². The van der Waals surface area contributed by atoms with Crippen LogP contribution in [0.3, 0.4) is 0 Å². The molecular formula is C10H12N2O3. The molecular weight excluding hydrogens is 196 g/mol. The maximum Gasteiger partial charge on any atom is 0.269 e. The largest absolute Gasteiger partial charge is 0.355 e. The summed E-state index contributed by atoms with van der Waals surface area (Å²) in [7, 11) is 0. The number of rotatable bonds is 2. The molecule has 0 bridgehead atoms. The standard InChI is InChI=1S/C10H12N2O3/c1-10(11-6-7-15-10)8-2-4-9(5-3-8)12(13)14/h2-5,11H,6-7H2,1H3/t10-/m1/s1. The van der Waals surface area contributed by atoms with Crippen molar-refractivity contribution in [3.63, 3.8) is 0 Å². The van der Waals surface area contributed by atoms with Crippen molar-refractivity contribution in [2.24, 2.45) is 0 Å². The lowest BCUT2D eigenvalue weighted by Crippen LogP contribution is -2.34. The van der Waals surface area contributed by atoms with Gasteiger partial charge in [-0.2, -0.15) is 0 Å². The molecule has 5 nitrogen and oxygen atoms in total. The quantitative estimate of drug-likeness (QED) is 0.589. The first-order valence-electron chi connectivity index (χ1n) is 4.76. The van der Waals surface area contributed by atoms with E-state index in [-0.39, 0.29) is 5.69 Å². The number of hydrogen-bond donors (Lipinski definition) is 1. The molecule has 1 fully saturated rings. The second-order valence-electron chi connectivity index (χ2n) is 3.61. The summed E-state index contributed by atoms with van der Waals surface area (Å²) in [6.45, 7) is 3.38. The van der Waals surface area contributed by atoms with Gasteiger partial charge in [-0.15, -0.1) is 0 Å². The maximum atomic E-state index is 10.5. The third-order valence-corrected chi connectivity index (χ3v) is 2.58. The molecule has 2 rings (SSSR count). The fourth-order valence-electron chi connectivity index (χ4n) is 1.68. The van der Waals surface area contributed by atoms with Crippen LogP contribution < -0.4 is 5.32 Å². The zero-order chi connectivity index (χ0) is 10.9. The molecule has 80 valence electrons. The van der Waals surface area contributed by atoms with E-state index >= 15 is 0 Å². The minimum absolute atomic E-state index is 0.0975. The van der Waals surface area contributed by atoms with Gasteiger partial charge in [0.05, 0.1) is 11.5 Å². The second kappa shape index (κ2) is 3.60. The van der Waals surface area contributed by atoms with E-state index in [0.717, 1.165) is 12.1 Å². The number of nitrogens with one attached hydrogen (secondary N) is 1. The molecule has 1 heterocycles. The molecule has 1 aliphatic heterocycles. The van der Waals surface area contributed by atoms with E-state index in [0.29, 0.717) is 6.61 Å². The lowest BCUT2D eigenvalue weighted by Gasteiger charge is -2.23. The normalized spacial score (nSPS) is 25.4. The lowest BCUT2D eigenvalue weighted by molar-refractivity contribution is -0.384.